The number of nitrogens with zero attached hydrogens (tertiary/aromatic N) is 2. The van der Waals surface area contributed by atoms with Gasteiger partial charge in [-0.3, -0.25) is 0 Å². The molecule has 1 aromatic carbocycles. The van der Waals surface area contributed by atoms with Crippen molar-refractivity contribution in [2.45, 2.75) is 38.2 Å². The molecule has 5 nitrogen and oxygen atoms in total. The quantitative estimate of drug-likeness (QED) is 0.393. The van der Waals surface area contributed by atoms with E-state index in [4.69, 9.17) is 9.47 Å². The molecule has 2 rings (SSSR count). The summed E-state index contributed by atoms with van der Waals surface area (Å²) < 4.78 is 12.3. The summed E-state index contributed by atoms with van der Waals surface area (Å²) in [6, 6.07) is 7.94. The minimum Gasteiger partial charge on any atom is -0.497 e. The Bertz CT molecular complexity index is 832. The van der Waals surface area contributed by atoms with E-state index in [1.807, 2.05) is 37.5 Å². The topological polar surface area (TPSA) is 46.6 Å². The van der Waals surface area contributed by atoms with Gasteiger partial charge in [0.1, 0.15) is 11.6 Å². The fourth-order valence-electron chi connectivity index (χ4n) is 2.78. The highest BCUT2D eigenvalue weighted by molar-refractivity contribution is 9.10. The first-order valence-electron chi connectivity index (χ1n) is 9.64. The zero-order valence-corrected chi connectivity index (χ0v) is 20.2. The van der Waals surface area contributed by atoms with E-state index in [-0.39, 0.29) is 6.10 Å². The first-order chi connectivity index (χ1) is 13.9. The number of pyridine rings is 1. The number of hydrogen-bond donors (Lipinski definition) is 1. The van der Waals surface area contributed by atoms with Crippen molar-refractivity contribution in [2.24, 2.45) is 0 Å². The van der Waals surface area contributed by atoms with Gasteiger partial charge in [0.2, 0.25) is 0 Å². The number of methoxy groups -OCH3 is 1. The van der Waals surface area contributed by atoms with Crippen molar-refractivity contribution in [1.29, 1.82) is 0 Å². The summed E-state index contributed by atoms with van der Waals surface area (Å²) in [5, 5.41) is 4.06. The van der Waals surface area contributed by atoms with Crippen LogP contribution in [0.3, 0.4) is 0 Å². The maximum Gasteiger partial charge on any atom is 0.130 e. The van der Waals surface area contributed by atoms with Gasteiger partial charge < -0.3 is 19.7 Å². The van der Waals surface area contributed by atoms with Crippen LogP contribution < -0.4 is 15.0 Å². The second kappa shape index (κ2) is 11.5. The molecule has 0 saturated heterocycles. The number of benzene rings is 1. The molecular weight excluding hydrogens is 450 g/mol. The fourth-order valence-corrected chi connectivity index (χ4v) is 4.17. The second-order valence-electron chi connectivity index (χ2n) is 6.59. The van der Waals surface area contributed by atoms with Crippen molar-refractivity contribution < 1.29 is 9.47 Å². The molecule has 1 N–H and O–H groups in total. The minimum atomic E-state index is 0.233. The zero-order valence-electron chi connectivity index (χ0n) is 17.8. The van der Waals surface area contributed by atoms with Crippen LogP contribution in [0.5, 0.6) is 5.75 Å². The van der Waals surface area contributed by atoms with Crippen LogP contribution in [-0.4, -0.2) is 38.4 Å². The van der Waals surface area contributed by atoms with Crippen LogP contribution in [0.1, 0.15) is 25.8 Å². The van der Waals surface area contributed by atoms with Gasteiger partial charge in [0.25, 0.3) is 0 Å². The third-order valence-electron chi connectivity index (χ3n) is 4.66. The maximum absolute atomic E-state index is 5.95. The van der Waals surface area contributed by atoms with E-state index in [1.54, 1.807) is 18.9 Å². The van der Waals surface area contributed by atoms with Gasteiger partial charge in [-0.25, -0.2) is 4.98 Å². The average molecular weight is 480 g/mol. The number of hydrogen-bond acceptors (Lipinski definition) is 6. The molecule has 1 heterocycles. The van der Waals surface area contributed by atoms with Crippen LogP contribution in [0, 0.1) is 6.92 Å². The van der Waals surface area contributed by atoms with Crippen molar-refractivity contribution in [2.75, 3.05) is 37.5 Å². The number of aromatic nitrogens is 1. The Kier molecular flexibility index (Phi) is 9.33. The molecule has 1 aromatic heterocycles. The summed E-state index contributed by atoms with van der Waals surface area (Å²) in [6.07, 6.45) is 3.04. The van der Waals surface area contributed by atoms with Gasteiger partial charge >= 0.3 is 0 Å². The molecule has 2 aromatic rings. The predicted molar refractivity (Wildman–Crippen MR) is 127 cm³/mol. The Morgan fingerprint density at radius 3 is 2.79 bits per heavy atom. The van der Waals surface area contributed by atoms with Gasteiger partial charge in [-0.05, 0) is 60.5 Å². The van der Waals surface area contributed by atoms with Crippen molar-refractivity contribution in [3.63, 3.8) is 0 Å². The van der Waals surface area contributed by atoms with Crippen molar-refractivity contribution in [3.8, 4) is 5.75 Å². The first-order valence-corrected chi connectivity index (χ1v) is 11.2. The number of anilines is 2. The van der Waals surface area contributed by atoms with Crippen LogP contribution in [0.4, 0.5) is 11.5 Å². The summed E-state index contributed by atoms with van der Waals surface area (Å²) >= 11 is 5.23. The standard InChI is InChI=1S/C22H30BrN3O2S/c1-7-15(2)28-13-12-26(20-10-11-25-22(24-5)16(20)3)17(4)29-21-14-18(27-6)8-9-19(21)23/h8-11,14-15H,4,7,12-13H2,1-3,5-6H3,(H,24,25). The van der Waals surface area contributed by atoms with Gasteiger partial charge in [0.15, 0.2) is 0 Å². The summed E-state index contributed by atoms with van der Waals surface area (Å²) in [7, 11) is 3.55. The highest BCUT2D eigenvalue weighted by Gasteiger charge is 2.18. The highest BCUT2D eigenvalue weighted by Crippen LogP contribution is 2.38. The Balaban J connectivity index is 2.30. The molecule has 158 valence electrons. The number of nitrogens with one attached hydrogen (secondary N) is 1. The molecule has 0 aliphatic heterocycles. The number of rotatable bonds is 11. The van der Waals surface area contributed by atoms with Crippen molar-refractivity contribution >= 4 is 39.2 Å². The molecule has 0 radical (unpaired) electrons. The summed E-state index contributed by atoms with van der Waals surface area (Å²) in [4.78, 5) is 7.65. The molecule has 0 amide bonds. The van der Waals surface area contributed by atoms with E-state index < -0.39 is 0 Å². The van der Waals surface area contributed by atoms with E-state index >= 15 is 0 Å². The number of ether oxygens (including phenoxy) is 2. The Hall–Kier alpha value is -1.70. The van der Waals surface area contributed by atoms with Crippen LogP contribution >= 0.6 is 27.7 Å². The lowest BCUT2D eigenvalue weighted by atomic mass is 10.2. The van der Waals surface area contributed by atoms with E-state index in [9.17, 15) is 0 Å². The van der Waals surface area contributed by atoms with Gasteiger partial charge in [-0.15, -0.1) is 0 Å². The molecule has 0 bridgehead atoms. The van der Waals surface area contributed by atoms with Gasteiger partial charge in [-0.2, -0.15) is 0 Å². The minimum absolute atomic E-state index is 0.233. The van der Waals surface area contributed by atoms with Crippen LogP contribution in [0.25, 0.3) is 0 Å². The molecule has 1 atom stereocenters. The van der Waals surface area contributed by atoms with E-state index in [1.165, 1.54) is 0 Å². The van der Waals surface area contributed by atoms with Crippen LogP contribution in [-0.2, 0) is 4.74 Å². The predicted octanol–water partition coefficient (Wildman–Crippen LogP) is 6.09. The van der Waals surface area contributed by atoms with Gasteiger partial charge in [-0.1, -0.05) is 25.3 Å². The van der Waals surface area contributed by atoms with Crippen LogP contribution in [0.2, 0.25) is 0 Å². The van der Waals surface area contributed by atoms with Crippen molar-refractivity contribution in [1.82, 2.24) is 4.98 Å². The molecule has 0 aliphatic carbocycles. The molecule has 0 aliphatic rings. The van der Waals surface area contributed by atoms with E-state index in [0.717, 1.165) is 43.6 Å². The zero-order chi connectivity index (χ0) is 21.4. The third kappa shape index (κ3) is 6.39. The fraction of sp³-hybridized carbons (Fsp3) is 0.409. The third-order valence-corrected chi connectivity index (χ3v) is 6.63. The SMILES string of the molecule is C=C(Sc1cc(OC)ccc1Br)N(CCOC(C)CC)c1ccnc(NC)c1C. The Morgan fingerprint density at radius 2 is 2.14 bits per heavy atom. The first kappa shape index (κ1) is 23.6. The lowest BCUT2D eigenvalue weighted by Crippen LogP contribution is -2.27. The Morgan fingerprint density at radius 1 is 1.38 bits per heavy atom. The summed E-state index contributed by atoms with van der Waals surface area (Å²) in [5.74, 6) is 1.67. The monoisotopic (exact) mass is 479 g/mol. The molecular formula is C22H30BrN3O2S. The normalized spacial score (nSPS) is 11.8. The highest BCUT2D eigenvalue weighted by atomic mass is 79.9. The molecule has 1 unspecified atom stereocenters. The molecule has 0 fully saturated rings. The lowest BCUT2D eigenvalue weighted by molar-refractivity contribution is 0.0693. The molecule has 0 saturated carbocycles. The molecule has 0 spiro atoms. The molecule has 7 heteroatoms. The number of thioether (sulfide) groups is 1. The smallest absolute Gasteiger partial charge is 0.130 e. The summed E-state index contributed by atoms with van der Waals surface area (Å²) in [6.45, 7) is 12.0. The molecule has 29 heavy (non-hydrogen) atoms. The maximum atomic E-state index is 5.95. The van der Waals surface area contributed by atoms with Gasteiger partial charge in [0.05, 0.1) is 24.8 Å². The largest absolute Gasteiger partial charge is 0.497 e. The number of halogens is 1. The van der Waals surface area contributed by atoms with E-state index in [2.05, 4.69) is 58.5 Å². The van der Waals surface area contributed by atoms with Gasteiger partial charge in [0, 0.05) is 40.4 Å². The van der Waals surface area contributed by atoms with Crippen LogP contribution in [0.15, 0.2) is 51.4 Å². The Labute approximate surface area is 187 Å². The van der Waals surface area contributed by atoms with Crippen molar-refractivity contribution in [3.05, 3.63) is 52.1 Å². The second-order valence-corrected chi connectivity index (χ2v) is 8.56. The van der Waals surface area contributed by atoms with E-state index in [0.29, 0.717) is 13.2 Å². The lowest BCUT2D eigenvalue weighted by Gasteiger charge is -2.29. The summed E-state index contributed by atoms with van der Waals surface area (Å²) in [5.41, 5.74) is 2.14. The average Bonchev–Trinajstić information content (AvgIpc) is 2.73.